The molecular weight excluding hydrogens is 464 g/mol. The molecule has 0 aliphatic rings. The van der Waals surface area contributed by atoms with Gasteiger partial charge in [0.05, 0.1) is 35.1 Å². The van der Waals surface area contributed by atoms with Crippen molar-refractivity contribution in [2.75, 3.05) is 26.0 Å². The second kappa shape index (κ2) is 12.0. The van der Waals surface area contributed by atoms with Gasteiger partial charge in [0.15, 0.2) is 0 Å². The Morgan fingerprint density at radius 1 is 0.943 bits per heavy atom. The number of aromatic nitrogens is 2. The van der Waals surface area contributed by atoms with Crippen LogP contribution in [0.25, 0.3) is 22.5 Å². The molecule has 0 radical (unpaired) electrons. The van der Waals surface area contributed by atoms with E-state index in [2.05, 4.69) is 19.2 Å². The van der Waals surface area contributed by atoms with Crippen LogP contribution in [-0.4, -0.2) is 50.3 Å². The van der Waals surface area contributed by atoms with Gasteiger partial charge in [-0.1, -0.05) is 60.7 Å². The molecule has 0 saturated carbocycles. The highest BCUT2D eigenvalue weighted by molar-refractivity contribution is 7.89. The van der Waals surface area contributed by atoms with Gasteiger partial charge in [-0.05, 0) is 33.2 Å². The topological polar surface area (TPSA) is 110 Å². The van der Waals surface area contributed by atoms with Gasteiger partial charge in [0.25, 0.3) is 5.91 Å². The molecule has 2 aromatic carbocycles. The van der Waals surface area contributed by atoms with Crippen LogP contribution in [0.5, 0.6) is 0 Å². The van der Waals surface area contributed by atoms with Crippen LogP contribution in [0.3, 0.4) is 0 Å². The van der Waals surface area contributed by atoms with Crippen molar-refractivity contribution in [2.24, 2.45) is 0 Å². The standard InChI is InChI=1S/C26H32N4O4S/c1-26(2,28-16-10-11-17-34-19-23(31)30-35(3,32)33)22-18-27-24(20-12-6-4-7-13-20)25(29-22)21-14-8-5-9-15-21/h4-9,12-15,18,28H,10-11,16-17,19H2,1-3H3,(H,30,31). The zero-order valence-electron chi connectivity index (χ0n) is 20.3. The van der Waals surface area contributed by atoms with Gasteiger partial charge in [-0.15, -0.1) is 0 Å². The van der Waals surface area contributed by atoms with Gasteiger partial charge in [-0.2, -0.15) is 0 Å². The zero-order valence-corrected chi connectivity index (χ0v) is 21.1. The van der Waals surface area contributed by atoms with E-state index < -0.39 is 21.5 Å². The van der Waals surface area contributed by atoms with Crippen LogP contribution in [-0.2, 0) is 25.1 Å². The normalized spacial score (nSPS) is 11.9. The van der Waals surface area contributed by atoms with Crippen LogP contribution in [0.4, 0.5) is 0 Å². The van der Waals surface area contributed by atoms with E-state index in [9.17, 15) is 13.2 Å². The summed E-state index contributed by atoms with van der Waals surface area (Å²) in [5.41, 5.74) is 4.13. The number of carbonyl (C=O) groups excluding carboxylic acids is 1. The molecule has 2 N–H and O–H groups in total. The number of ether oxygens (including phenoxy) is 1. The number of sulfonamides is 1. The molecule has 3 rings (SSSR count). The highest BCUT2D eigenvalue weighted by Gasteiger charge is 2.24. The van der Waals surface area contributed by atoms with E-state index in [1.807, 2.05) is 71.6 Å². The van der Waals surface area contributed by atoms with Crippen molar-refractivity contribution in [3.8, 4) is 22.5 Å². The zero-order chi connectivity index (χ0) is 25.3. The fourth-order valence-corrected chi connectivity index (χ4v) is 3.99. The smallest absolute Gasteiger partial charge is 0.259 e. The van der Waals surface area contributed by atoms with Crippen molar-refractivity contribution < 1.29 is 17.9 Å². The molecule has 0 fully saturated rings. The Kier molecular flexibility index (Phi) is 9.08. The molecule has 0 atom stereocenters. The minimum Gasteiger partial charge on any atom is -0.372 e. The van der Waals surface area contributed by atoms with E-state index >= 15 is 0 Å². The lowest BCUT2D eigenvalue weighted by Crippen LogP contribution is -2.38. The van der Waals surface area contributed by atoms with Gasteiger partial charge in [0.2, 0.25) is 10.0 Å². The van der Waals surface area contributed by atoms with Crippen molar-refractivity contribution >= 4 is 15.9 Å². The lowest BCUT2D eigenvalue weighted by Gasteiger charge is -2.26. The van der Waals surface area contributed by atoms with Crippen LogP contribution >= 0.6 is 0 Å². The summed E-state index contributed by atoms with van der Waals surface area (Å²) < 4.78 is 29.2. The van der Waals surface area contributed by atoms with E-state index in [1.54, 1.807) is 0 Å². The summed E-state index contributed by atoms with van der Waals surface area (Å²) in [6.45, 7) is 4.94. The first-order valence-corrected chi connectivity index (χ1v) is 13.4. The number of rotatable bonds is 12. The fraction of sp³-hybridized carbons (Fsp3) is 0.346. The maximum Gasteiger partial charge on any atom is 0.259 e. The van der Waals surface area contributed by atoms with Crippen molar-refractivity contribution in [1.82, 2.24) is 20.0 Å². The Balaban J connectivity index is 1.60. The van der Waals surface area contributed by atoms with E-state index in [0.717, 1.165) is 47.3 Å². The van der Waals surface area contributed by atoms with Gasteiger partial charge < -0.3 is 10.1 Å². The van der Waals surface area contributed by atoms with E-state index in [-0.39, 0.29) is 6.61 Å². The third-order valence-electron chi connectivity index (χ3n) is 5.32. The van der Waals surface area contributed by atoms with Crippen LogP contribution < -0.4 is 10.0 Å². The SMILES string of the molecule is CC(C)(NCCCCOCC(=O)NS(C)(=O)=O)c1cnc(-c2ccccc2)c(-c2ccccc2)n1. The maximum atomic E-state index is 11.4. The molecule has 35 heavy (non-hydrogen) atoms. The minimum absolute atomic E-state index is 0.280. The number of amides is 1. The number of hydrogen-bond donors (Lipinski definition) is 2. The Bertz CT molecular complexity index is 1220. The van der Waals surface area contributed by atoms with Crippen LogP contribution in [0.2, 0.25) is 0 Å². The van der Waals surface area contributed by atoms with Crippen molar-refractivity contribution in [3.63, 3.8) is 0 Å². The monoisotopic (exact) mass is 496 g/mol. The lowest BCUT2D eigenvalue weighted by atomic mass is 9.98. The molecule has 1 aromatic heterocycles. The first-order valence-electron chi connectivity index (χ1n) is 11.5. The van der Waals surface area contributed by atoms with Gasteiger partial charge in [-0.25, -0.2) is 13.4 Å². The summed E-state index contributed by atoms with van der Waals surface area (Å²) in [5, 5.41) is 3.53. The van der Waals surface area contributed by atoms with Gasteiger partial charge >= 0.3 is 0 Å². The van der Waals surface area contributed by atoms with E-state index in [4.69, 9.17) is 14.7 Å². The number of benzene rings is 2. The van der Waals surface area contributed by atoms with Crippen molar-refractivity contribution in [3.05, 3.63) is 72.6 Å². The molecule has 0 unspecified atom stereocenters. The summed E-state index contributed by atoms with van der Waals surface area (Å²) in [7, 11) is -3.56. The average molecular weight is 497 g/mol. The molecule has 0 bridgehead atoms. The summed E-state index contributed by atoms with van der Waals surface area (Å²) in [6, 6.07) is 20.1. The second-order valence-electron chi connectivity index (χ2n) is 8.79. The highest BCUT2D eigenvalue weighted by atomic mass is 32.2. The average Bonchev–Trinajstić information content (AvgIpc) is 2.83. The van der Waals surface area contributed by atoms with Gasteiger partial charge in [0, 0.05) is 17.7 Å². The van der Waals surface area contributed by atoms with E-state index in [0.29, 0.717) is 13.2 Å². The predicted octanol–water partition coefficient (Wildman–Crippen LogP) is 3.51. The summed E-state index contributed by atoms with van der Waals surface area (Å²) >= 11 is 0. The Morgan fingerprint density at radius 2 is 1.54 bits per heavy atom. The fourth-order valence-electron chi connectivity index (χ4n) is 3.52. The van der Waals surface area contributed by atoms with Crippen LogP contribution in [0, 0.1) is 0 Å². The van der Waals surface area contributed by atoms with Crippen molar-refractivity contribution in [2.45, 2.75) is 32.2 Å². The van der Waals surface area contributed by atoms with Gasteiger partial charge in [0.1, 0.15) is 6.61 Å². The Morgan fingerprint density at radius 3 is 2.14 bits per heavy atom. The van der Waals surface area contributed by atoms with Crippen LogP contribution in [0.15, 0.2) is 66.9 Å². The van der Waals surface area contributed by atoms with Crippen LogP contribution in [0.1, 0.15) is 32.4 Å². The molecule has 1 heterocycles. The van der Waals surface area contributed by atoms with E-state index in [1.165, 1.54) is 0 Å². The third-order valence-corrected chi connectivity index (χ3v) is 5.92. The lowest BCUT2D eigenvalue weighted by molar-refractivity contribution is -0.123. The maximum absolute atomic E-state index is 11.4. The number of nitrogens with zero attached hydrogens (tertiary/aromatic N) is 2. The van der Waals surface area contributed by atoms with Gasteiger partial charge in [-0.3, -0.25) is 14.5 Å². The Hall–Kier alpha value is -3.14. The summed E-state index contributed by atoms with van der Waals surface area (Å²) in [6.07, 6.45) is 4.30. The first-order chi connectivity index (χ1) is 16.7. The van der Waals surface area contributed by atoms with Crippen molar-refractivity contribution in [1.29, 1.82) is 0 Å². The molecule has 186 valence electrons. The quantitative estimate of drug-likeness (QED) is 0.369. The molecule has 0 saturated heterocycles. The highest BCUT2D eigenvalue weighted by Crippen LogP contribution is 2.30. The second-order valence-corrected chi connectivity index (χ2v) is 10.5. The molecule has 3 aromatic rings. The number of carbonyl (C=O) groups is 1. The molecular formula is C26H32N4O4S. The summed E-state index contributed by atoms with van der Waals surface area (Å²) in [4.78, 5) is 21.3. The molecule has 0 aliphatic heterocycles. The first kappa shape index (κ1) is 26.5. The number of unbranched alkanes of at least 4 members (excludes halogenated alkanes) is 1. The number of nitrogens with one attached hydrogen (secondary N) is 2. The third kappa shape index (κ3) is 8.24. The molecule has 8 nitrogen and oxygen atoms in total. The molecule has 0 spiro atoms. The largest absolute Gasteiger partial charge is 0.372 e. The molecule has 1 amide bonds. The Labute approximate surface area is 207 Å². The molecule has 9 heteroatoms. The minimum atomic E-state index is -3.56. The summed E-state index contributed by atoms with van der Waals surface area (Å²) in [5.74, 6) is -0.668. The predicted molar refractivity (Wildman–Crippen MR) is 137 cm³/mol. The number of hydrogen-bond acceptors (Lipinski definition) is 7. The molecule has 0 aliphatic carbocycles.